The molecule has 3 aromatic rings. The minimum absolute atomic E-state index is 0. The number of hydrogen-bond donors (Lipinski definition) is 0. The molecule has 1 heteroatoms. The third-order valence-corrected chi connectivity index (χ3v) is 9.01. The monoisotopic (exact) mass is 707 g/mol. The summed E-state index contributed by atoms with van der Waals surface area (Å²) in [5.74, 6) is 5.71. The third kappa shape index (κ3) is 19.2. The van der Waals surface area contributed by atoms with Gasteiger partial charge >= 0.3 is 0 Å². The number of aryl methyl sites for hydroxylation is 2. The van der Waals surface area contributed by atoms with Crippen LogP contribution in [0.4, 0.5) is 0 Å². The van der Waals surface area contributed by atoms with Crippen molar-refractivity contribution >= 4 is 0 Å². The second-order valence-electron chi connectivity index (χ2n) is 12.6. The van der Waals surface area contributed by atoms with Crippen LogP contribution in [0.3, 0.4) is 0 Å². The fraction of sp³-hybridized carbons (Fsp3) is 0.640. The highest BCUT2D eigenvalue weighted by Gasteiger charge is 2.25. The van der Waals surface area contributed by atoms with E-state index >= 15 is 0 Å². The van der Waals surface area contributed by atoms with Crippen LogP contribution in [0.2, 0.25) is 0 Å². The van der Waals surface area contributed by atoms with Gasteiger partial charge in [0.2, 0.25) is 0 Å². The van der Waals surface area contributed by atoms with Gasteiger partial charge in [-0.2, -0.15) is 0 Å². The maximum atomic E-state index is 5.60. The Morgan fingerprint density at radius 3 is 1.24 bits per heavy atom. The molecule has 0 spiro atoms. The van der Waals surface area contributed by atoms with Crippen molar-refractivity contribution < 1.29 is 4.74 Å². The molecule has 1 aliphatic heterocycles. The molecule has 51 heavy (non-hydrogen) atoms. The zero-order valence-corrected chi connectivity index (χ0v) is 36.8. The molecule has 0 aromatic heterocycles. The molecule has 6 rings (SSSR count). The molecular weight excluding hydrogens is 617 g/mol. The number of benzene rings is 3. The van der Waals surface area contributed by atoms with Crippen LogP contribution in [0.1, 0.15) is 203 Å². The quantitative estimate of drug-likeness (QED) is 0.263. The van der Waals surface area contributed by atoms with Crippen molar-refractivity contribution in [3.05, 3.63) is 101 Å². The van der Waals surface area contributed by atoms with Gasteiger partial charge in [-0.3, -0.25) is 0 Å². The van der Waals surface area contributed by atoms with Gasteiger partial charge in [-0.15, -0.1) is 0 Å². The van der Waals surface area contributed by atoms with Gasteiger partial charge in [-0.25, -0.2) is 0 Å². The van der Waals surface area contributed by atoms with Gasteiger partial charge in [0, 0.05) is 0 Å². The summed E-state index contributed by atoms with van der Waals surface area (Å²) in [6, 6.07) is 26.3. The van der Waals surface area contributed by atoms with E-state index in [-0.39, 0.29) is 7.43 Å². The van der Waals surface area contributed by atoms with Crippen molar-refractivity contribution in [3.63, 3.8) is 0 Å². The third-order valence-electron chi connectivity index (χ3n) is 9.01. The van der Waals surface area contributed by atoms with Crippen molar-refractivity contribution in [1.82, 2.24) is 0 Å². The highest BCUT2D eigenvalue weighted by molar-refractivity contribution is 5.38. The molecule has 3 aromatic carbocycles. The van der Waals surface area contributed by atoms with E-state index in [2.05, 4.69) is 108 Å². The largest absolute Gasteiger partial charge is 0.493 e. The molecule has 0 bridgehead atoms. The lowest BCUT2D eigenvalue weighted by Gasteiger charge is -2.28. The smallest absolute Gasteiger partial charge is 0.122 e. The van der Waals surface area contributed by atoms with Gasteiger partial charge in [0.1, 0.15) is 5.75 Å². The second-order valence-corrected chi connectivity index (χ2v) is 12.6. The average Bonchev–Trinajstić information content (AvgIpc) is 3.64. The number of rotatable bonds is 3. The van der Waals surface area contributed by atoms with Gasteiger partial charge in [0.25, 0.3) is 0 Å². The van der Waals surface area contributed by atoms with Crippen molar-refractivity contribution in [2.45, 2.75) is 188 Å². The summed E-state index contributed by atoms with van der Waals surface area (Å²) in [6.45, 7) is 38.8. The predicted octanol–water partition coefficient (Wildman–Crippen LogP) is 17.1. The molecule has 1 heterocycles. The van der Waals surface area contributed by atoms with E-state index in [0.717, 1.165) is 42.4 Å². The fourth-order valence-electron chi connectivity index (χ4n) is 6.83. The zero-order chi connectivity index (χ0) is 39.1. The Bertz CT molecular complexity index is 1080. The standard InChI is InChI=1S/C13H18.C12H16O.C12H16.6C2H6.CH4/c1-10(2)12-9-5-7-11-6-3-4-8-13(11)12;1-9(2)10-7-8-13-12-6-4-3-5-11(10)12;1-9(2)11-8-7-10-5-3-4-6-12(10)11;6*1-2;/h3-4,6,8,10,12H,5,7,9H2,1-2H3;3-6,9-10H,7-8H2,1-2H3;3-6,9,11H,7-8H2,1-2H3;6*1-2H3;1H4. The van der Waals surface area contributed by atoms with E-state index in [1.165, 1.54) is 37.7 Å². The molecule has 3 unspecified atom stereocenters. The van der Waals surface area contributed by atoms with E-state index in [1.807, 2.05) is 89.2 Å². The van der Waals surface area contributed by atoms with Crippen LogP contribution in [-0.2, 0) is 12.8 Å². The Labute approximate surface area is 322 Å². The lowest BCUT2D eigenvalue weighted by atomic mass is 9.77. The van der Waals surface area contributed by atoms with E-state index in [0.29, 0.717) is 11.8 Å². The van der Waals surface area contributed by atoms with Crippen LogP contribution < -0.4 is 4.74 Å². The van der Waals surface area contributed by atoms with Gasteiger partial charge in [-0.1, -0.05) is 199 Å². The average molecular weight is 707 g/mol. The summed E-state index contributed by atoms with van der Waals surface area (Å²) in [7, 11) is 0. The first-order valence-electron chi connectivity index (χ1n) is 21.2. The number of fused-ring (bicyclic) bond motifs is 3. The highest BCUT2D eigenvalue weighted by atomic mass is 16.5. The van der Waals surface area contributed by atoms with Crippen molar-refractivity contribution in [2.75, 3.05) is 6.61 Å². The molecule has 3 aliphatic rings. The maximum Gasteiger partial charge on any atom is 0.122 e. The SMILES string of the molecule is C.CC.CC.CC.CC.CC.CC.CC(C)C1CCCc2ccccc21.CC(C)C1CCOc2ccccc21.CC(C)C1CCc2ccccc21. The molecule has 2 aliphatic carbocycles. The van der Waals surface area contributed by atoms with Crippen LogP contribution in [0, 0.1) is 17.8 Å². The summed E-state index contributed by atoms with van der Waals surface area (Å²) >= 11 is 0. The van der Waals surface area contributed by atoms with E-state index in [9.17, 15) is 0 Å². The normalized spacial score (nSPS) is 16.6. The predicted molar refractivity (Wildman–Crippen MR) is 238 cm³/mol. The number of hydrogen-bond acceptors (Lipinski definition) is 1. The Morgan fingerprint density at radius 2 is 0.784 bits per heavy atom. The van der Waals surface area contributed by atoms with E-state index in [4.69, 9.17) is 4.74 Å². The summed E-state index contributed by atoms with van der Waals surface area (Å²) in [5.41, 5.74) is 7.78. The summed E-state index contributed by atoms with van der Waals surface area (Å²) in [5, 5.41) is 0. The van der Waals surface area contributed by atoms with Crippen LogP contribution in [0.15, 0.2) is 72.8 Å². The van der Waals surface area contributed by atoms with Gasteiger partial charge in [-0.05, 0) is 108 Å². The molecule has 3 atom stereocenters. The van der Waals surface area contributed by atoms with Crippen LogP contribution in [-0.4, -0.2) is 6.61 Å². The molecule has 296 valence electrons. The van der Waals surface area contributed by atoms with Gasteiger partial charge in [0.05, 0.1) is 6.61 Å². The fourth-order valence-corrected chi connectivity index (χ4v) is 6.83. The lowest BCUT2D eigenvalue weighted by molar-refractivity contribution is 0.247. The Kier molecular flexibility index (Phi) is 38.8. The molecule has 0 saturated heterocycles. The summed E-state index contributed by atoms with van der Waals surface area (Å²) < 4.78 is 5.60. The first-order chi connectivity index (χ1) is 24.4. The topological polar surface area (TPSA) is 9.23 Å². The molecule has 0 N–H and O–H groups in total. The van der Waals surface area contributed by atoms with Crippen molar-refractivity contribution in [2.24, 2.45) is 17.8 Å². The minimum Gasteiger partial charge on any atom is -0.493 e. The maximum absolute atomic E-state index is 5.60. The van der Waals surface area contributed by atoms with Crippen LogP contribution >= 0.6 is 0 Å². The Hall–Kier alpha value is -2.54. The van der Waals surface area contributed by atoms with E-state index in [1.54, 1.807) is 22.3 Å². The van der Waals surface area contributed by atoms with Gasteiger partial charge in [0.15, 0.2) is 0 Å². The molecule has 0 fully saturated rings. The Balaban J connectivity index is -0.000000280. The minimum atomic E-state index is 0. The number of ether oxygens (including phenoxy) is 1. The van der Waals surface area contributed by atoms with E-state index < -0.39 is 0 Å². The first-order valence-corrected chi connectivity index (χ1v) is 21.2. The molecule has 0 amide bonds. The van der Waals surface area contributed by atoms with Crippen molar-refractivity contribution in [1.29, 1.82) is 0 Å². The number of para-hydroxylation sites is 1. The first kappa shape index (κ1) is 55.2. The summed E-state index contributed by atoms with van der Waals surface area (Å²) in [6.07, 6.45) is 7.86. The van der Waals surface area contributed by atoms with Gasteiger partial charge < -0.3 is 4.74 Å². The zero-order valence-electron chi connectivity index (χ0n) is 36.8. The van der Waals surface area contributed by atoms with Crippen molar-refractivity contribution in [3.8, 4) is 5.75 Å². The molecular formula is C50H90O. The highest BCUT2D eigenvalue weighted by Crippen LogP contribution is 2.39. The molecule has 1 nitrogen and oxygen atoms in total. The lowest BCUT2D eigenvalue weighted by Crippen LogP contribution is -2.17. The second kappa shape index (κ2) is 35.8. The Morgan fingerprint density at radius 1 is 0.431 bits per heavy atom. The van der Waals surface area contributed by atoms with Crippen LogP contribution in [0.5, 0.6) is 5.75 Å². The molecule has 0 radical (unpaired) electrons. The summed E-state index contributed by atoms with van der Waals surface area (Å²) in [4.78, 5) is 0. The molecule has 0 saturated carbocycles. The van der Waals surface area contributed by atoms with Crippen LogP contribution in [0.25, 0.3) is 0 Å².